The van der Waals surface area contributed by atoms with Crippen LogP contribution in [0.25, 0.3) is 0 Å². The molecule has 1 aliphatic rings. The minimum absolute atomic E-state index is 0.0132. The molecule has 0 aliphatic carbocycles. The summed E-state index contributed by atoms with van der Waals surface area (Å²) in [4.78, 5) is 16.3. The summed E-state index contributed by atoms with van der Waals surface area (Å²) in [5.41, 5.74) is 1.05. The zero-order valence-electron chi connectivity index (χ0n) is 14.8. The van der Waals surface area contributed by atoms with E-state index in [1.807, 2.05) is 0 Å². The number of aromatic nitrogens is 1. The molecule has 10 heteroatoms. The number of sulfonamides is 2. The van der Waals surface area contributed by atoms with Crippen molar-refractivity contribution < 1.29 is 21.6 Å². The molecule has 1 saturated heterocycles. The lowest BCUT2D eigenvalue weighted by molar-refractivity contribution is -0.119. The fourth-order valence-electron chi connectivity index (χ4n) is 2.90. The fourth-order valence-corrected chi connectivity index (χ4v) is 5.93. The minimum atomic E-state index is -3.83. The monoisotopic (exact) mass is 409 g/mol. The number of nitrogens with one attached hydrogen (secondary N) is 1. The number of carbonyl (C=O) groups excluding carboxylic acids is 1. The third kappa shape index (κ3) is 3.87. The van der Waals surface area contributed by atoms with E-state index >= 15 is 0 Å². The largest absolute Gasteiger partial charge is 0.273 e. The van der Waals surface area contributed by atoms with E-state index < -0.39 is 31.9 Å². The normalized spacial score (nSPS) is 19.4. The number of hydrogen-bond acceptors (Lipinski definition) is 6. The SMILES string of the molecule is Cc1cc(N2C(=O)[C@@H](C)CS2(=O)=O)ccc1S(=O)(=O)NCc1ccccn1. The highest BCUT2D eigenvalue weighted by Crippen LogP contribution is 2.30. The summed E-state index contributed by atoms with van der Waals surface area (Å²) in [5.74, 6) is -1.40. The Labute approximate surface area is 158 Å². The van der Waals surface area contributed by atoms with Gasteiger partial charge in [-0.3, -0.25) is 9.78 Å². The zero-order valence-corrected chi connectivity index (χ0v) is 16.4. The van der Waals surface area contributed by atoms with Gasteiger partial charge in [0, 0.05) is 6.20 Å². The highest BCUT2D eigenvalue weighted by molar-refractivity contribution is 7.94. The summed E-state index contributed by atoms with van der Waals surface area (Å²) in [6.07, 6.45) is 1.57. The molecule has 1 N–H and O–H groups in total. The number of amides is 1. The van der Waals surface area contributed by atoms with Crippen LogP contribution in [-0.2, 0) is 31.4 Å². The van der Waals surface area contributed by atoms with Crippen molar-refractivity contribution in [1.29, 1.82) is 0 Å². The van der Waals surface area contributed by atoms with Crippen LogP contribution in [0.5, 0.6) is 0 Å². The predicted octanol–water partition coefficient (Wildman–Crippen LogP) is 1.18. The summed E-state index contributed by atoms with van der Waals surface area (Å²) >= 11 is 0. The van der Waals surface area contributed by atoms with Crippen molar-refractivity contribution in [2.75, 3.05) is 10.1 Å². The van der Waals surface area contributed by atoms with E-state index in [2.05, 4.69) is 9.71 Å². The number of anilines is 1. The van der Waals surface area contributed by atoms with E-state index in [1.165, 1.54) is 18.2 Å². The summed E-state index contributed by atoms with van der Waals surface area (Å²) in [6.45, 7) is 3.13. The van der Waals surface area contributed by atoms with Crippen LogP contribution in [0.15, 0.2) is 47.5 Å². The molecule has 144 valence electrons. The van der Waals surface area contributed by atoms with Gasteiger partial charge in [-0.1, -0.05) is 13.0 Å². The van der Waals surface area contributed by atoms with Gasteiger partial charge < -0.3 is 0 Å². The Bertz CT molecular complexity index is 1080. The number of carbonyl (C=O) groups is 1. The van der Waals surface area contributed by atoms with Crippen molar-refractivity contribution in [3.63, 3.8) is 0 Å². The van der Waals surface area contributed by atoms with Crippen LogP contribution in [0.4, 0.5) is 5.69 Å². The van der Waals surface area contributed by atoms with Gasteiger partial charge in [0.2, 0.25) is 26.0 Å². The van der Waals surface area contributed by atoms with Crippen LogP contribution in [0, 0.1) is 12.8 Å². The van der Waals surface area contributed by atoms with Crippen LogP contribution < -0.4 is 9.03 Å². The van der Waals surface area contributed by atoms with E-state index in [0.717, 1.165) is 4.31 Å². The molecule has 0 bridgehead atoms. The van der Waals surface area contributed by atoms with E-state index in [9.17, 15) is 21.6 Å². The van der Waals surface area contributed by atoms with Gasteiger partial charge in [-0.25, -0.2) is 25.9 Å². The molecule has 3 rings (SSSR count). The van der Waals surface area contributed by atoms with Crippen LogP contribution >= 0.6 is 0 Å². The topological polar surface area (TPSA) is 114 Å². The maximum Gasteiger partial charge on any atom is 0.244 e. The summed E-state index contributed by atoms with van der Waals surface area (Å²) in [6, 6.07) is 9.21. The Morgan fingerprint density at radius 2 is 2.00 bits per heavy atom. The Balaban J connectivity index is 1.87. The molecule has 2 aromatic rings. The zero-order chi connectivity index (χ0) is 19.8. The average molecular weight is 409 g/mol. The van der Waals surface area contributed by atoms with E-state index in [1.54, 1.807) is 38.2 Å². The van der Waals surface area contributed by atoms with Crippen LogP contribution in [0.2, 0.25) is 0 Å². The molecule has 0 spiro atoms. The standard InChI is InChI=1S/C17H19N3O5S2/c1-12-9-15(20-17(21)13(2)11-26(20,22)23)6-7-16(12)27(24,25)19-10-14-5-3-4-8-18-14/h3-9,13,19H,10-11H2,1-2H3/t13-/m0/s1. The lowest BCUT2D eigenvalue weighted by atomic mass is 10.2. The van der Waals surface area contributed by atoms with E-state index in [0.29, 0.717) is 11.3 Å². The van der Waals surface area contributed by atoms with Crippen molar-refractivity contribution in [3.8, 4) is 0 Å². The lowest BCUT2D eigenvalue weighted by Gasteiger charge is -2.17. The van der Waals surface area contributed by atoms with Gasteiger partial charge in [0.1, 0.15) is 0 Å². The Kier molecular flexibility index (Phi) is 5.06. The number of nitrogens with zero attached hydrogens (tertiary/aromatic N) is 2. The maximum atomic E-state index is 12.6. The quantitative estimate of drug-likeness (QED) is 0.793. The predicted molar refractivity (Wildman–Crippen MR) is 99.9 cm³/mol. The first-order chi connectivity index (χ1) is 12.6. The number of pyridine rings is 1. The summed E-state index contributed by atoms with van der Waals surface area (Å²) < 4.78 is 52.8. The highest BCUT2D eigenvalue weighted by Gasteiger charge is 2.42. The van der Waals surface area contributed by atoms with Crippen molar-refractivity contribution in [1.82, 2.24) is 9.71 Å². The molecule has 1 aromatic heterocycles. The highest BCUT2D eigenvalue weighted by atomic mass is 32.2. The molecule has 2 heterocycles. The second-order valence-corrected chi connectivity index (χ2v) is 9.98. The number of benzene rings is 1. The van der Waals surface area contributed by atoms with E-state index in [-0.39, 0.29) is 22.9 Å². The second kappa shape index (κ2) is 7.02. The van der Waals surface area contributed by atoms with Gasteiger partial charge in [-0.05, 0) is 42.8 Å². The van der Waals surface area contributed by atoms with Crippen LogP contribution in [-0.4, -0.2) is 33.5 Å². The molecule has 0 unspecified atom stereocenters. The van der Waals surface area contributed by atoms with Gasteiger partial charge in [0.15, 0.2) is 0 Å². The fraction of sp³-hybridized carbons (Fsp3) is 0.294. The molecule has 0 saturated carbocycles. The van der Waals surface area contributed by atoms with Crippen LogP contribution in [0.1, 0.15) is 18.2 Å². The van der Waals surface area contributed by atoms with Crippen molar-refractivity contribution in [2.24, 2.45) is 5.92 Å². The average Bonchev–Trinajstić information content (AvgIpc) is 2.81. The maximum absolute atomic E-state index is 12.6. The Hall–Kier alpha value is -2.30. The molecule has 1 amide bonds. The molecular weight excluding hydrogens is 390 g/mol. The first kappa shape index (κ1) is 19.5. The summed E-state index contributed by atoms with van der Waals surface area (Å²) in [7, 11) is -7.56. The first-order valence-electron chi connectivity index (χ1n) is 8.19. The molecule has 1 fully saturated rings. The molecule has 1 atom stereocenters. The van der Waals surface area contributed by atoms with Gasteiger partial charge in [-0.15, -0.1) is 0 Å². The van der Waals surface area contributed by atoms with Crippen LogP contribution in [0.3, 0.4) is 0 Å². The number of hydrogen-bond donors (Lipinski definition) is 1. The Morgan fingerprint density at radius 1 is 1.26 bits per heavy atom. The van der Waals surface area contributed by atoms with Crippen molar-refractivity contribution in [2.45, 2.75) is 25.3 Å². The molecular formula is C17H19N3O5S2. The second-order valence-electron chi connectivity index (χ2n) is 6.38. The number of rotatable bonds is 5. The third-order valence-electron chi connectivity index (χ3n) is 4.21. The van der Waals surface area contributed by atoms with Gasteiger partial charge in [0.25, 0.3) is 0 Å². The molecule has 1 aliphatic heterocycles. The molecule has 0 radical (unpaired) electrons. The van der Waals surface area contributed by atoms with Crippen molar-refractivity contribution in [3.05, 3.63) is 53.9 Å². The van der Waals surface area contributed by atoms with Crippen molar-refractivity contribution >= 4 is 31.6 Å². The van der Waals surface area contributed by atoms with Gasteiger partial charge in [-0.2, -0.15) is 0 Å². The smallest absolute Gasteiger partial charge is 0.244 e. The third-order valence-corrected chi connectivity index (χ3v) is 7.64. The minimum Gasteiger partial charge on any atom is -0.273 e. The first-order valence-corrected chi connectivity index (χ1v) is 11.3. The lowest BCUT2D eigenvalue weighted by Crippen LogP contribution is -2.30. The Morgan fingerprint density at radius 3 is 2.56 bits per heavy atom. The summed E-state index contributed by atoms with van der Waals surface area (Å²) in [5, 5.41) is 0. The molecule has 8 nitrogen and oxygen atoms in total. The molecule has 27 heavy (non-hydrogen) atoms. The van der Waals surface area contributed by atoms with E-state index in [4.69, 9.17) is 0 Å². The van der Waals surface area contributed by atoms with Gasteiger partial charge in [0.05, 0.1) is 34.5 Å². The molecule has 1 aromatic carbocycles. The number of aryl methyl sites for hydroxylation is 1. The van der Waals surface area contributed by atoms with Gasteiger partial charge >= 0.3 is 0 Å².